The van der Waals surface area contributed by atoms with Gasteiger partial charge in [-0.15, -0.1) is 0 Å². The van der Waals surface area contributed by atoms with Crippen molar-refractivity contribution in [2.24, 2.45) is 0 Å². The highest BCUT2D eigenvalue weighted by Crippen LogP contribution is 2.14. The topological polar surface area (TPSA) is 61.8 Å². The molecule has 0 atom stereocenters. The highest BCUT2D eigenvalue weighted by molar-refractivity contribution is 5.94. The first-order chi connectivity index (χ1) is 8.30. The first-order valence-electron chi connectivity index (χ1n) is 5.36. The fourth-order valence-electron chi connectivity index (χ4n) is 0.857. The van der Waals surface area contributed by atoms with Crippen LogP contribution in [0.2, 0.25) is 0 Å². The lowest BCUT2D eigenvalue weighted by molar-refractivity contribution is -0.146. The van der Waals surface area contributed by atoms with Gasteiger partial charge in [-0.1, -0.05) is 0 Å². The Morgan fingerprint density at radius 1 is 1.11 bits per heavy atom. The Morgan fingerprint density at radius 2 is 1.67 bits per heavy atom. The number of carbonyl (C=O) groups excluding carboxylic acids is 2. The van der Waals surface area contributed by atoms with Gasteiger partial charge in [-0.25, -0.2) is 18.4 Å². The minimum atomic E-state index is -3.12. The standard InChI is InChI=1S/C11H16F2O5/c1-4-16-9(14)6-8(10(15)17-5-2)18-7-11(3,12)13/h6H,4-5,7H2,1-3H3/b8-6+. The van der Waals surface area contributed by atoms with Crippen LogP contribution in [0.3, 0.4) is 0 Å². The van der Waals surface area contributed by atoms with E-state index in [1.54, 1.807) is 6.92 Å². The highest BCUT2D eigenvalue weighted by Gasteiger charge is 2.25. The van der Waals surface area contributed by atoms with Crippen LogP contribution in [0.4, 0.5) is 8.78 Å². The molecular formula is C11H16F2O5. The third kappa shape index (κ3) is 7.59. The largest absolute Gasteiger partial charge is 0.480 e. The minimum Gasteiger partial charge on any atom is -0.480 e. The molecule has 0 aliphatic carbocycles. The number of esters is 2. The second kappa shape index (κ2) is 7.62. The molecule has 0 heterocycles. The average molecular weight is 266 g/mol. The van der Waals surface area contributed by atoms with Crippen molar-refractivity contribution < 1.29 is 32.6 Å². The van der Waals surface area contributed by atoms with Crippen molar-refractivity contribution >= 4 is 11.9 Å². The molecule has 0 rings (SSSR count). The van der Waals surface area contributed by atoms with Gasteiger partial charge in [0.25, 0.3) is 5.92 Å². The molecule has 7 heteroatoms. The quantitative estimate of drug-likeness (QED) is 0.398. The van der Waals surface area contributed by atoms with Crippen molar-refractivity contribution in [1.82, 2.24) is 0 Å². The van der Waals surface area contributed by atoms with Crippen LogP contribution in [-0.2, 0) is 23.8 Å². The van der Waals surface area contributed by atoms with E-state index in [0.29, 0.717) is 13.0 Å². The number of alkyl halides is 2. The van der Waals surface area contributed by atoms with E-state index in [-0.39, 0.29) is 13.2 Å². The van der Waals surface area contributed by atoms with E-state index in [4.69, 9.17) is 0 Å². The summed E-state index contributed by atoms with van der Waals surface area (Å²) in [5.74, 6) is -5.58. The van der Waals surface area contributed by atoms with E-state index < -0.39 is 30.2 Å². The summed E-state index contributed by atoms with van der Waals surface area (Å²) in [6.07, 6.45) is 0.688. The molecule has 0 bridgehead atoms. The maximum atomic E-state index is 12.6. The zero-order valence-corrected chi connectivity index (χ0v) is 10.5. The van der Waals surface area contributed by atoms with E-state index in [1.807, 2.05) is 0 Å². The SMILES string of the molecule is CCOC(=O)/C=C(/OCC(C)(F)F)C(=O)OCC. The third-order valence-electron chi connectivity index (χ3n) is 1.49. The lowest BCUT2D eigenvalue weighted by atomic mass is 10.4. The summed E-state index contributed by atoms with van der Waals surface area (Å²) in [5.41, 5.74) is 0. The van der Waals surface area contributed by atoms with E-state index in [0.717, 1.165) is 0 Å². The van der Waals surface area contributed by atoms with E-state index in [2.05, 4.69) is 14.2 Å². The Labute approximate surface area is 104 Å². The van der Waals surface area contributed by atoms with E-state index in [9.17, 15) is 18.4 Å². The van der Waals surface area contributed by atoms with Crippen molar-refractivity contribution in [3.8, 4) is 0 Å². The third-order valence-corrected chi connectivity index (χ3v) is 1.49. The number of halogens is 2. The van der Waals surface area contributed by atoms with Gasteiger partial charge < -0.3 is 14.2 Å². The number of ether oxygens (including phenoxy) is 3. The second-order valence-corrected chi connectivity index (χ2v) is 3.34. The maximum Gasteiger partial charge on any atom is 0.373 e. The fraction of sp³-hybridized carbons (Fsp3) is 0.636. The number of carbonyl (C=O) groups is 2. The van der Waals surface area contributed by atoms with E-state index in [1.165, 1.54) is 6.92 Å². The van der Waals surface area contributed by atoms with Gasteiger partial charge in [0.1, 0.15) is 0 Å². The van der Waals surface area contributed by atoms with Crippen molar-refractivity contribution in [3.05, 3.63) is 11.8 Å². The Balaban J connectivity index is 4.72. The Hall–Kier alpha value is -1.66. The zero-order chi connectivity index (χ0) is 14.2. The van der Waals surface area contributed by atoms with Gasteiger partial charge in [-0.3, -0.25) is 0 Å². The molecule has 0 spiro atoms. The molecule has 0 fully saturated rings. The van der Waals surface area contributed by atoms with Crippen molar-refractivity contribution in [1.29, 1.82) is 0 Å². The molecule has 0 aromatic heterocycles. The minimum absolute atomic E-state index is 0.0326. The summed E-state index contributed by atoms with van der Waals surface area (Å²) in [6, 6.07) is 0. The molecule has 0 N–H and O–H groups in total. The molecule has 0 aromatic rings. The van der Waals surface area contributed by atoms with Crippen molar-refractivity contribution in [2.45, 2.75) is 26.7 Å². The first kappa shape index (κ1) is 16.3. The molecule has 18 heavy (non-hydrogen) atoms. The highest BCUT2D eigenvalue weighted by atomic mass is 19.3. The summed E-state index contributed by atoms with van der Waals surface area (Å²) in [7, 11) is 0. The van der Waals surface area contributed by atoms with Gasteiger partial charge in [0, 0.05) is 6.92 Å². The molecule has 0 saturated heterocycles. The average Bonchev–Trinajstić information content (AvgIpc) is 2.23. The number of hydrogen-bond acceptors (Lipinski definition) is 5. The van der Waals surface area contributed by atoms with Crippen molar-refractivity contribution in [2.75, 3.05) is 19.8 Å². The van der Waals surface area contributed by atoms with Gasteiger partial charge in [0.2, 0.25) is 5.76 Å². The van der Waals surface area contributed by atoms with Crippen LogP contribution in [0.5, 0.6) is 0 Å². The summed E-state index contributed by atoms with van der Waals surface area (Å²) in [4.78, 5) is 22.4. The van der Waals surface area contributed by atoms with Crippen LogP contribution < -0.4 is 0 Å². The van der Waals surface area contributed by atoms with Crippen LogP contribution in [0.1, 0.15) is 20.8 Å². The van der Waals surface area contributed by atoms with Crippen LogP contribution in [0.25, 0.3) is 0 Å². The van der Waals surface area contributed by atoms with Crippen molar-refractivity contribution in [3.63, 3.8) is 0 Å². The zero-order valence-electron chi connectivity index (χ0n) is 10.5. The summed E-state index contributed by atoms with van der Waals surface area (Å²) in [5, 5.41) is 0. The molecule has 0 aromatic carbocycles. The molecule has 5 nitrogen and oxygen atoms in total. The molecule has 0 unspecified atom stereocenters. The molecular weight excluding hydrogens is 250 g/mol. The van der Waals surface area contributed by atoms with Crippen LogP contribution in [0.15, 0.2) is 11.8 Å². The summed E-state index contributed by atoms with van der Waals surface area (Å²) < 4.78 is 38.9. The summed E-state index contributed by atoms with van der Waals surface area (Å²) >= 11 is 0. The summed E-state index contributed by atoms with van der Waals surface area (Å²) in [6.45, 7) is 2.82. The van der Waals surface area contributed by atoms with Crippen LogP contribution >= 0.6 is 0 Å². The Kier molecular flexibility index (Phi) is 6.92. The van der Waals surface area contributed by atoms with Gasteiger partial charge in [0.05, 0.1) is 19.3 Å². The second-order valence-electron chi connectivity index (χ2n) is 3.34. The normalized spacial score (nSPS) is 11.9. The first-order valence-corrected chi connectivity index (χ1v) is 5.36. The van der Waals surface area contributed by atoms with Crippen LogP contribution in [-0.4, -0.2) is 37.7 Å². The smallest absolute Gasteiger partial charge is 0.373 e. The predicted molar refractivity (Wildman–Crippen MR) is 57.9 cm³/mol. The molecule has 0 aliphatic heterocycles. The molecule has 104 valence electrons. The lowest BCUT2D eigenvalue weighted by Crippen LogP contribution is -2.22. The Bertz CT molecular complexity index is 320. The van der Waals surface area contributed by atoms with Crippen LogP contribution in [0, 0.1) is 0 Å². The van der Waals surface area contributed by atoms with E-state index >= 15 is 0 Å². The molecule has 0 saturated carbocycles. The number of hydrogen-bond donors (Lipinski definition) is 0. The predicted octanol–water partition coefficient (Wildman–Crippen LogP) is 1.67. The monoisotopic (exact) mass is 266 g/mol. The Morgan fingerprint density at radius 3 is 2.11 bits per heavy atom. The van der Waals surface area contributed by atoms with Gasteiger partial charge >= 0.3 is 11.9 Å². The molecule has 0 radical (unpaired) electrons. The van der Waals surface area contributed by atoms with Gasteiger partial charge in [-0.05, 0) is 13.8 Å². The molecule has 0 amide bonds. The maximum absolute atomic E-state index is 12.6. The van der Waals surface area contributed by atoms with Gasteiger partial charge in [0.15, 0.2) is 6.61 Å². The number of rotatable bonds is 7. The fourth-order valence-corrected chi connectivity index (χ4v) is 0.857. The van der Waals surface area contributed by atoms with Gasteiger partial charge in [-0.2, -0.15) is 0 Å². The molecule has 0 aliphatic rings. The lowest BCUT2D eigenvalue weighted by Gasteiger charge is -2.13.